The molecule has 3 aromatic rings. The Hall–Kier alpha value is -2.86. The van der Waals surface area contributed by atoms with Gasteiger partial charge in [-0.1, -0.05) is 84.5 Å². The van der Waals surface area contributed by atoms with Gasteiger partial charge in [0, 0.05) is 12.3 Å². The van der Waals surface area contributed by atoms with Crippen molar-refractivity contribution in [3.8, 4) is 0 Å². The molecule has 0 heteroatoms. The van der Waals surface area contributed by atoms with E-state index in [-0.39, 0.29) is 5.92 Å². The van der Waals surface area contributed by atoms with Crippen molar-refractivity contribution in [2.24, 2.45) is 0 Å². The molecule has 1 aliphatic rings. The molecule has 3 aromatic carbocycles. The molecule has 0 saturated carbocycles. The van der Waals surface area contributed by atoms with Crippen LogP contribution in [0.25, 0.3) is 16.8 Å². The minimum absolute atomic E-state index is 0.140. The summed E-state index contributed by atoms with van der Waals surface area (Å²) in [4.78, 5) is 0. The van der Waals surface area contributed by atoms with E-state index < -0.39 is 0 Å². The standard InChI is InChI=1S/C26H22/c1-3-9-19-15-21-11-5-7-13-23(21)25(17-19)26-18-20(10-4-2)16-22-12-6-8-14-24(22)26/h3-8,11-17,26H,1-2,9-10H2. The summed E-state index contributed by atoms with van der Waals surface area (Å²) in [5.41, 5.74) is 6.43. The van der Waals surface area contributed by atoms with Crippen LogP contribution in [0.2, 0.25) is 0 Å². The van der Waals surface area contributed by atoms with E-state index in [0.29, 0.717) is 0 Å². The minimum Gasteiger partial charge on any atom is -0.103 e. The first kappa shape index (κ1) is 16.6. The number of benzene rings is 3. The van der Waals surface area contributed by atoms with Gasteiger partial charge in [0.05, 0.1) is 0 Å². The molecule has 126 valence electrons. The second-order valence-corrected chi connectivity index (χ2v) is 6.77. The van der Waals surface area contributed by atoms with Crippen molar-refractivity contribution in [3.05, 3.63) is 120 Å². The Labute approximate surface area is 156 Å². The Morgan fingerprint density at radius 2 is 1.62 bits per heavy atom. The zero-order valence-electron chi connectivity index (χ0n) is 14.9. The molecule has 0 N–H and O–H groups in total. The highest BCUT2D eigenvalue weighted by molar-refractivity contribution is 5.88. The van der Waals surface area contributed by atoms with Crippen LogP contribution in [0.3, 0.4) is 0 Å². The number of rotatable bonds is 5. The van der Waals surface area contributed by atoms with Gasteiger partial charge in [0.1, 0.15) is 0 Å². The number of allylic oxidation sites excluding steroid dienone is 3. The van der Waals surface area contributed by atoms with Gasteiger partial charge in [-0.15, -0.1) is 13.2 Å². The number of hydrogen-bond acceptors (Lipinski definition) is 0. The van der Waals surface area contributed by atoms with Gasteiger partial charge in [-0.3, -0.25) is 0 Å². The first-order chi connectivity index (χ1) is 12.8. The summed E-state index contributed by atoms with van der Waals surface area (Å²) < 4.78 is 0. The Kier molecular flexibility index (Phi) is 4.58. The maximum absolute atomic E-state index is 3.91. The highest BCUT2D eigenvalue weighted by atomic mass is 14.3. The maximum Gasteiger partial charge on any atom is 0.0252 e. The fourth-order valence-electron chi connectivity index (χ4n) is 3.84. The van der Waals surface area contributed by atoms with E-state index in [2.05, 4.69) is 86.3 Å². The fourth-order valence-corrected chi connectivity index (χ4v) is 3.84. The van der Waals surface area contributed by atoms with Crippen molar-refractivity contribution < 1.29 is 0 Å². The van der Waals surface area contributed by atoms with Crippen LogP contribution in [0.5, 0.6) is 0 Å². The lowest BCUT2D eigenvalue weighted by Crippen LogP contribution is -2.10. The lowest BCUT2D eigenvalue weighted by molar-refractivity contribution is 0.926. The van der Waals surface area contributed by atoms with Crippen LogP contribution < -0.4 is 0 Å². The molecule has 1 atom stereocenters. The summed E-state index contributed by atoms with van der Waals surface area (Å²) in [6, 6.07) is 21.9. The quantitative estimate of drug-likeness (QED) is 0.452. The Bertz CT molecular complexity index is 1000. The van der Waals surface area contributed by atoms with Crippen LogP contribution in [0, 0.1) is 6.42 Å². The SMILES string of the molecule is C=CCC1=Cc2ccccc2C(c2cc(CC=C)cc3ccccc23)[C]1. The van der Waals surface area contributed by atoms with E-state index in [1.54, 1.807) is 0 Å². The Morgan fingerprint density at radius 1 is 0.846 bits per heavy atom. The molecule has 0 spiro atoms. The summed E-state index contributed by atoms with van der Waals surface area (Å²) >= 11 is 0. The van der Waals surface area contributed by atoms with Crippen LogP contribution >= 0.6 is 0 Å². The van der Waals surface area contributed by atoms with Gasteiger partial charge in [-0.2, -0.15) is 0 Å². The summed E-state index contributed by atoms with van der Waals surface area (Å²) in [7, 11) is 0. The third-order valence-electron chi connectivity index (χ3n) is 4.98. The van der Waals surface area contributed by atoms with E-state index in [1.807, 2.05) is 12.2 Å². The first-order valence-corrected chi connectivity index (χ1v) is 9.09. The van der Waals surface area contributed by atoms with Crippen LogP contribution in [-0.4, -0.2) is 0 Å². The van der Waals surface area contributed by atoms with E-state index in [9.17, 15) is 0 Å². The average molecular weight is 334 g/mol. The van der Waals surface area contributed by atoms with E-state index in [1.165, 1.54) is 38.6 Å². The van der Waals surface area contributed by atoms with Gasteiger partial charge in [0.25, 0.3) is 0 Å². The second kappa shape index (κ2) is 7.17. The van der Waals surface area contributed by atoms with Crippen molar-refractivity contribution in [1.29, 1.82) is 0 Å². The van der Waals surface area contributed by atoms with Gasteiger partial charge < -0.3 is 0 Å². The highest BCUT2D eigenvalue weighted by Gasteiger charge is 2.24. The molecular formula is C26H22. The van der Waals surface area contributed by atoms with Gasteiger partial charge in [0.2, 0.25) is 0 Å². The van der Waals surface area contributed by atoms with Gasteiger partial charge in [0.15, 0.2) is 0 Å². The van der Waals surface area contributed by atoms with Gasteiger partial charge in [-0.05, 0) is 45.9 Å². The van der Waals surface area contributed by atoms with Crippen molar-refractivity contribution in [2.75, 3.05) is 0 Å². The molecule has 0 heterocycles. The number of fused-ring (bicyclic) bond motifs is 2. The summed E-state index contributed by atoms with van der Waals surface area (Å²) in [6.07, 6.45) is 11.6. The molecule has 0 bridgehead atoms. The molecule has 0 aromatic heterocycles. The zero-order chi connectivity index (χ0) is 17.9. The molecule has 0 aliphatic heterocycles. The summed E-state index contributed by atoms with van der Waals surface area (Å²) in [5, 5.41) is 2.58. The minimum atomic E-state index is 0.140. The van der Waals surface area contributed by atoms with E-state index >= 15 is 0 Å². The van der Waals surface area contributed by atoms with Crippen LogP contribution in [-0.2, 0) is 6.42 Å². The Balaban J connectivity index is 1.92. The average Bonchev–Trinajstić information content (AvgIpc) is 2.67. The van der Waals surface area contributed by atoms with E-state index in [4.69, 9.17) is 0 Å². The third-order valence-corrected chi connectivity index (χ3v) is 4.98. The molecule has 0 amide bonds. The predicted octanol–water partition coefficient (Wildman–Crippen LogP) is 6.75. The molecule has 4 rings (SSSR count). The van der Waals surface area contributed by atoms with Crippen molar-refractivity contribution in [1.82, 2.24) is 0 Å². The highest BCUT2D eigenvalue weighted by Crippen LogP contribution is 2.41. The second-order valence-electron chi connectivity index (χ2n) is 6.77. The van der Waals surface area contributed by atoms with Crippen LogP contribution in [0.4, 0.5) is 0 Å². The fraction of sp³-hybridized carbons (Fsp3) is 0.115. The number of hydrogen-bond donors (Lipinski definition) is 0. The van der Waals surface area contributed by atoms with Crippen LogP contribution in [0.15, 0.2) is 91.5 Å². The Morgan fingerprint density at radius 3 is 2.46 bits per heavy atom. The molecule has 1 aliphatic carbocycles. The largest absolute Gasteiger partial charge is 0.103 e. The predicted molar refractivity (Wildman–Crippen MR) is 112 cm³/mol. The normalized spacial score (nSPS) is 16.0. The molecule has 0 fully saturated rings. The van der Waals surface area contributed by atoms with Gasteiger partial charge in [-0.25, -0.2) is 0 Å². The molecule has 0 nitrogen and oxygen atoms in total. The van der Waals surface area contributed by atoms with E-state index in [0.717, 1.165) is 12.8 Å². The first-order valence-electron chi connectivity index (χ1n) is 9.09. The summed E-state index contributed by atoms with van der Waals surface area (Å²) in [6.45, 7) is 7.82. The lowest BCUT2D eigenvalue weighted by Gasteiger charge is -2.27. The lowest BCUT2D eigenvalue weighted by atomic mass is 9.76. The molecule has 2 radical (unpaired) electrons. The van der Waals surface area contributed by atoms with Crippen molar-refractivity contribution >= 4 is 16.8 Å². The topological polar surface area (TPSA) is 0 Å². The smallest absolute Gasteiger partial charge is 0.0252 e. The van der Waals surface area contributed by atoms with Gasteiger partial charge >= 0.3 is 0 Å². The molecule has 0 saturated heterocycles. The zero-order valence-corrected chi connectivity index (χ0v) is 14.9. The molecule has 26 heavy (non-hydrogen) atoms. The van der Waals surface area contributed by atoms with Crippen LogP contribution in [0.1, 0.15) is 34.6 Å². The summed E-state index contributed by atoms with van der Waals surface area (Å²) in [5.74, 6) is 0.140. The van der Waals surface area contributed by atoms with Crippen molar-refractivity contribution in [2.45, 2.75) is 18.8 Å². The molecule has 1 unspecified atom stereocenters. The van der Waals surface area contributed by atoms with Crippen molar-refractivity contribution in [3.63, 3.8) is 0 Å². The monoisotopic (exact) mass is 334 g/mol. The maximum atomic E-state index is 3.91. The molecular weight excluding hydrogens is 312 g/mol. The third kappa shape index (κ3) is 3.04.